The van der Waals surface area contributed by atoms with Crippen molar-refractivity contribution in [3.63, 3.8) is 0 Å². The number of aromatic nitrogens is 1. The van der Waals surface area contributed by atoms with Crippen molar-refractivity contribution in [1.82, 2.24) is 10.3 Å². The molecule has 10 heteroatoms. The number of halogens is 2. The third kappa shape index (κ3) is 5.42. The molecule has 3 N–H and O–H groups in total. The molecule has 4 aromatic rings. The third-order valence-electron chi connectivity index (χ3n) is 6.27. The molecule has 1 aromatic heterocycles. The van der Waals surface area contributed by atoms with Gasteiger partial charge in [-0.2, -0.15) is 0 Å². The van der Waals surface area contributed by atoms with Crippen molar-refractivity contribution in [2.24, 2.45) is 0 Å². The Labute approximate surface area is 216 Å². The number of hydrogen-bond acceptors (Lipinski definition) is 7. The highest BCUT2D eigenvalue weighted by molar-refractivity contribution is 6.33. The van der Waals surface area contributed by atoms with Crippen LogP contribution < -0.4 is 15.4 Å². The van der Waals surface area contributed by atoms with Gasteiger partial charge in [0.2, 0.25) is 5.78 Å². The second kappa shape index (κ2) is 10.6. The van der Waals surface area contributed by atoms with Gasteiger partial charge < -0.3 is 24.9 Å². The van der Waals surface area contributed by atoms with E-state index in [1.807, 2.05) is 0 Å². The van der Waals surface area contributed by atoms with E-state index in [1.54, 1.807) is 42.5 Å². The van der Waals surface area contributed by atoms with Crippen LogP contribution in [0.4, 0.5) is 10.1 Å². The molecule has 1 fully saturated rings. The second-order valence-corrected chi connectivity index (χ2v) is 9.16. The number of carbonyl (C=O) groups is 2. The number of nitrogens with zero attached hydrogens (tertiary/aromatic N) is 1. The van der Waals surface area contributed by atoms with Crippen molar-refractivity contribution in [3.05, 3.63) is 89.3 Å². The first-order valence-corrected chi connectivity index (χ1v) is 12.0. The van der Waals surface area contributed by atoms with Crippen molar-refractivity contribution < 1.29 is 28.2 Å². The first-order valence-electron chi connectivity index (χ1n) is 11.6. The van der Waals surface area contributed by atoms with Crippen LogP contribution in [0.2, 0.25) is 5.02 Å². The van der Waals surface area contributed by atoms with E-state index in [2.05, 4.69) is 15.6 Å². The zero-order chi connectivity index (χ0) is 25.9. The van der Waals surface area contributed by atoms with Crippen molar-refractivity contribution in [2.75, 3.05) is 11.9 Å². The van der Waals surface area contributed by atoms with E-state index in [0.29, 0.717) is 27.4 Å². The van der Waals surface area contributed by atoms with Gasteiger partial charge in [-0.1, -0.05) is 29.8 Å². The molecule has 0 amide bonds. The molecule has 4 atom stereocenters. The number of oxazole rings is 1. The standard InChI is InChI=1S/C27H23ClFN3O5/c28-19-3-1-2-4-20(19)32-24(16-7-10-21-23(11-16)36-14-31-21)25(33)26(22-12-17(29)13-30-22)37-18-8-5-15(6-9-18)27(34)35/h1-11,14,17,22,24,26,30,32H,12-13H2,(H,34,35)/t17-,22-,24?,26?/m0/s1. The number of aromatic carboxylic acids is 1. The van der Waals surface area contributed by atoms with Crippen molar-refractivity contribution >= 4 is 40.1 Å². The molecule has 5 rings (SSSR count). The molecular formula is C27H23ClFN3O5. The van der Waals surface area contributed by atoms with Crippen LogP contribution in [0.3, 0.4) is 0 Å². The number of carboxylic acid groups (broad SMARTS) is 1. The van der Waals surface area contributed by atoms with Crippen LogP contribution in [0.1, 0.15) is 28.4 Å². The molecule has 3 aromatic carbocycles. The Morgan fingerprint density at radius 3 is 2.65 bits per heavy atom. The van der Waals surface area contributed by atoms with E-state index in [1.165, 1.54) is 30.7 Å². The lowest BCUT2D eigenvalue weighted by atomic mass is 9.93. The SMILES string of the molecule is O=C(O)c1ccc(OC(C(=O)C(Nc2ccccc2Cl)c2ccc3ncoc3c2)[C@@H]2C[C@H](F)CN2)cc1. The molecule has 2 heterocycles. The van der Waals surface area contributed by atoms with Gasteiger partial charge in [0.25, 0.3) is 0 Å². The Kier molecular flexibility index (Phi) is 7.07. The number of ether oxygens (including phenoxy) is 1. The van der Waals surface area contributed by atoms with Gasteiger partial charge >= 0.3 is 5.97 Å². The molecule has 1 saturated heterocycles. The molecular weight excluding hydrogens is 501 g/mol. The number of carbonyl (C=O) groups excluding carboxylic acids is 1. The number of ketones is 1. The summed E-state index contributed by atoms with van der Waals surface area (Å²) in [4.78, 5) is 29.5. The molecule has 0 aliphatic carbocycles. The van der Waals surface area contributed by atoms with E-state index in [9.17, 15) is 19.1 Å². The zero-order valence-corrected chi connectivity index (χ0v) is 20.2. The number of benzene rings is 3. The number of anilines is 1. The lowest BCUT2D eigenvalue weighted by Gasteiger charge is -2.29. The highest BCUT2D eigenvalue weighted by Gasteiger charge is 2.40. The lowest BCUT2D eigenvalue weighted by molar-refractivity contribution is -0.127. The molecule has 8 nitrogen and oxygen atoms in total. The number of nitrogens with one attached hydrogen (secondary N) is 2. The van der Waals surface area contributed by atoms with Gasteiger partial charge in [-0.15, -0.1) is 0 Å². The van der Waals surface area contributed by atoms with Crippen LogP contribution in [0, 0.1) is 0 Å². The Hall–Kier alpha value is -3.95. The average molecular weight is 524 g/mol. The smallest absolute Gasteiger partial charge is 0.335 e. The van der Waals surface area contributed by atoms with Gasteiger partial charge in [0.05, 0.1) is 22.3 Å². The molecule has 0 bridgehead atoms. The van der Waals surface area contributed by atoms with Gasteiger partial charge in [-0.05, 0) is 60.5 Å². The number of para-hydroxylation sites is 1. The highest BCUT2D eigenvalue weighted by Crippen LogP contribution is 2.31. The first kappa shape index (κ1) is 24.7. The van der Waals surface area contributed by atoms with E-state index in [0.717, 1.165) is 0 Å². The molecule has 0 saturated carbocycles. The van der Waals surface area contributed by atoms with Crippen molar-refractivity contribution in [2.45, 2.75) is 30.8 Å². The zero-order valence-electron chi connectivity index (χ0n) is 19.4. The monoisotopic (exact) mass is 523 g/mol. The van der Waals surface area contributed by atoms with Gasteiger partial charge in [-0.25, -0.2) is 14.2 Å². The summed E-state index contributed by atoms with van der Waals surface area (Å²) in [5.41, 5.74) is 2.33. The van der Waals surface area contributed by atoms with Crippen molar-refractivity contribution in [3.8, 4) is 5.75 Å². The maximum atomic E-state index is 14.2. The number of carboxylic acids is 1. The Balaban J connectivity index is 1.52. The molecule has 190 valence electrons. The van der Waals surface area contributed by atoms with Gasteiger partial charge in [0.1, 0.15) is 23.5 Å². The minimum atomic E-state index is -1.13. The van der Waals surface area contributed by atoms with Gasteiger partial charge in [0, 0.05) is 6.54 Å². The largest absolute Gasteiger partial charge is 0.481 e. The summed E-state index contributed by atoms with van der Waals surface area (Å²) in [6, 6.07) is 16.4. The molecule has 1 aliphatic rings. The predicted octanol–water partition coefficient (Wildman–Crippen LogP) is 5.05. The topological polar surface area (TPSA) is 114 Å². The minimum absolute atomic E-state index is 0.0802. The van der Waals surface area contributed by atoms with Gasteiger partial charge in [0.15, 0.2) is 18.1 Å². The summed E-state index contributed by atoms with van der Waals surface area (Å²) in [6.45, 7) is 0.0996. The molecule has 1 aliphatic heterocycles. The molecule has 0 spiro atoms. The summed E-state index contributed by atoms with van der Waals surface area (Å²) in [7, 11) is 0. The normalized spacial score (nSPS) is 18.9. The maximum Gasteiger partial charge on any atom is 0.335 e. The summed E-state index contributed by atoms with van der Waals surface area (Å²) in [5.74, 6) is -1.16. The van der Waals surface area contributed by atoms with E-state index < -0.39 is 30.3 Å². The lowest BCUT2D eigenvalue weighted by Crippen LogP contribution is -2.47. The number of Topliss-reactive ketones (excluding diaryl/α,β-unsaturated/α-hetero) is 1. The fourth-order valence-corrected chi connectivity index (χ4v) is 4.57. The second-order valence-electron chi connectivity index (χ2n) is 8.75. The van der Waals surface area contributed by atoms with Crippen LogP contribution in [-0.4, -0.2) is 46.7 Å². The molecule has 0 radical (unpaired) electrons. The van der Waals surface area contributed by atoms with Crippen LogP contribution in [0.5, 0.6) is 5.75 Å². The Morgan fingerprint density at radius 2 is 1.95 bits per heavy atom. The Morgan fingerprint density at radius 1 is 1.16 bits per heavy atom. The summed E-state index contributed by atoms with van der Waals surface area (Å²) in [5, 5.41) is 15.9. The number of fused-ring (bicyclic) bond motifs is 1. The fourth-order valence-electron chi connectivity index (χ4n) is 4.38. The maximum absolute atomic E-state index is 14.2. The van der Waals surface area contributed by atoms with E-state index in [-0.39, 0.29) is 30.1 Å². The molecule has 37 heavy (non-hydrogen) atoms. The number of alkyl halides is 1. The minimum Gasteiger partial charge on any atom is -0.481 e. The van der Waals surface area contributed by atoms with E-state index >= 15 is 0 Å². The summed E-state index contributed by atoms with van der Waals surface area (Å²) < 4.78 is 25.7. The summed E-state index contributed by atoms with van der Waals surface area (Å²) in [6.07, 6.45) is -0.812. The van der Waals surface area contributed by atoms with Crippen LogP contribution in [0.25, 0.3) is 11.1 Å². The van der Waals surface area contributed by atoms with Crippen LogP contribution in [0.15, 0.2) is 77.5 Å². The third-order valence-corrected chi connectivity index (χ3v) is 6.60. The first-order chi connectivity index (χ1) is 17.9. The summed E-state index contributed by atoms with van der Waals surface area (Å²) >= 11 is 6.39. The van der Waals surface area contributed by atoms with Crippen LogP contribution in [-0.2, 0) is 4.79 Å². The predicted molar refractivity (Wildman–Crippen MR) is 136 cm³/mol. The fraction of sp³-hybridized carbons (Fsp3) is 0.222. The quantitative estimate of drug-likeness (QED) is 0.279. The highest BCUT2D eigenvalue weighted by atomic mass is 35.5. The number of rotatable bonds is 9. The van der Waals surface area contributed by atoms with E-state index in [4.69, 9.17) is 20.8 Å². The average Bonchev–Trinajstić information content (AvgIpc) is 3.55. The number of hydrogen-bond donors (Lipinski definition) is 3. The molecule has 2 unspecified atom stereocenters. The van der Waals surface area contributed by atoms with Crippen molar-refractivity contribution in [1.29, 1.82) is 0 Å². The Bertz CT molecular complexity index is 1430. The van der Waals surface area contributed by atoms with Crippen LogP contribution >= 0.6 is 11.6 Å². The van der Waals surface area contributed by atoms with Gasteiger partial charge in [-0.3, -0.25) is 4.79 Å².